The van der Waals surface area contributed by atoms with E-state index >= 15 is 0 Å². The molecule has 1 nitrogen and oxygen atoms in total. The number of phenolic OH excluding ortho intramolecular Hbond substituents is 1. The van der Waals surface area contributed by atoms with E-state index in [0.29, 0.717) is 5.75 Å². The van der Waals surface area contributed by atoms with Crippen molar-refractivity contribution >= 4 is 14.0 Å². The van der Waals surface area contributed by atoms with Gasteiger partial charge in [0, 0.05) is 0 Å². The lowest BCUT2D eigenvalue weighted by atomic mass is 10.2. The quantitative estimate of drug-likeness (QED) is 0.627. The number of aromatic hydroxyl groups is 1. The van der Waals surface area contributed by atoms with Crippen LogP contribution in [0, 0.1) is 6.92 Å². The van der Waals surface area contributed by atoms with Crippen LogP contribution in [0.15, 0.2) is 18.2 Å². The van der Waals surface area contributed by atoms with Gasteiger partial charge in [0.25, 0.3) is 0 Å². The number of hydrogen-bond donors (Lipinski definition) is 1. The van der Waals surface area contributed by atoms with E-state index in [1.54, 1.807) is 6.07 Å². The van der Waals surface area contributed by atoms with Gasteiger partial charge in [-0.3, -0.25) is 0 Å². The van der Waals surface area contributed by atoms with Gasteiger partial charge in [0.1, 0.15) is 5.75 Å². The molecule has 0 fully saturated rings. The van der Waals surface area contributed by atoms with Crippen LogP contribution >= 0.6 is 0 Å². The van der Waals surface area contributed by atoms with Crippen molar-refractivity contribution in [1.82, 2.24) is 0 Å². The second kappa shape index (κ2) is 3.09. The minimum atomic E-state index is -0.416. The monoisotopic (exact) mass is 165 g/mol. The maximum atomic E-state index is 9.26. The Morgan fingerprint density at radius 1 is 1.18 bits per heavy atom. The molecule has 0 aliphatic heterocycles. The summed E-state index contributed by atoms with van der Waals surface area (Å²) in [5.74, 6) is 0.395. The van der Waals surface area contributed by atoms with Crippen molar-refractivity contribution < 1.29 is 5.11 Å². The molecule has 2 heteroatoms. The molecule has 0 aliphatic rings. The molecule has 1 radical (unpaired) electrons. The van der Waals surface area contributed by atoms with Gasteiger partial charge in [-0.1, -0.05) is 24.3 Å². The zero-order chi connectivity index (χ0) is 8.43. The highest BCUT2D eigenvalue weighted by Gasteiger charge is 2.02. The molecular weight excluding hydrogens is 152 g/mol. The highest BCUT2D eigenvalue weighted by molar-refractivity contribution is 6.70. The molecule has 1 aromatic carbocycles. The van der Waals surface area contributed by atoms with Gasteiger partial charge in [-0.05, 0) is 24.6 Å². The largest absolute Gasteiger partial charge is 0.508 e. The molecule has 0 heterocycles. The van der Waals surface area contributed by atoms with Gasteiger partial charge in [0.05, 0.1) is 8.80 Å². The van der Waals surface area contributed by atoms with E-state index in [2.05, 4.69) is 19.2 Å². The third-order valence-electron chi connectivity index (χ3n) is 1.64. The van der Waals surface area contributed by atoms with Crippen LogP contribution in [0.1, 0.15) is 5.56 Å². The molecule has 1 aromatic rings. The van der Waals surface area contributed by atoms with E-state index in [1.807, 2.05) is 13.0 Å². The lowest BCUT2D eigenvalue weighted by Gasteiger charge is -2.05. The van der Waals surface area contributed by atoms with Crippen molar-refractivity contribution in [2.45, 2.75) is 20.0 Å². The first-order valence-corrected chi connectivity index (χ1v) is 6.21. The van der Waals surface area contributed by atoms with Gasteiger partial charge >= 0.3 is 0 Å². The smallest absolute Gasteiger partial charge is 0.115 e. The van der Waals surface area contributed by atoms with Crippen LogP contribution in [0.2, 0.25) is 13.1 Å². The molecule has 0 aromatic heterocycles. The molecule has 1 N–H and O–H groups in total. The first-order chi connectivity index (χ1) is 5.09. The summed E-state index contributed by atoms with van der Waals surface area (Å²) in [7, 11) is -0.416. The number of rotatable bonds is 1. The van der Waals surface area contributed by atoms with Crippen LogP contribution in [-0.2, 0) is 0 Å². The van der Waals surface area contributed by atoms with Gasteiger partial charge in [0.2, 0.25) is 0 Å². The highest BCUT2D eigenvalue weighted by atomic mass is 28.3. The number of aryl methyl sites for hydroxylation is 1. The number of hydrogen-bond acceptors (Lipinski definition) is 1. The second-order valence-corrected chi connectivity index (χ2v) is 5.63. The average molecular weight is 165 g/mol. The second-order valence-electron chi connectivity index (χ2n) is 3.06. The summed E-state index contributed by atoms with van der Waals surface area (Å²) in [6, 6.07) is 5.80. The van der Waals surface area contributed by atoms with E-state index in [1.165, 1.54) is 5.19 Å². The molecule has 0 amide bonds. The predicted molar refractivity (Wildman–Crippen MR) is 50.0 cm³/mol. The van der Waals surface area contributed by atoms with E-state index in [-0.39, 0.29) is 0 Å². The molecule has 11 heavy (non-hydrogen) atoms. The van der Waals surface area contributed by atoms with Crippen LogP contribution < -0.4 is 5.19 Å². The maximum Gasteiger partial charge on any atom is 0.115 e. The summed E-state index contributed by atoms with van der Waals surface area (Å²) < 4.78 is 0. The zero-order valence-corrected chi connectivity index (χ0v) is 8.18. The fraction of sp³-hybridized carbons (Fsp3) is 0.333. The molecule has 0 saturated carbocycles. The van der Waals surface area contributed by atoms with Crippen LogP contribution in [0.25, 0.3) is 0 Å². The Morgan fingerprint density at radius 2 is 1.82 bits per heavy atom. The number of phenols is 1. The van der Waals surface area contributed by atoms with Crippen molar-refractivity contribution in [3.63, 3.8) is 0 Å². The van der Waals surface area contributed by atoms with Crippen LogP contribution in [0.4, 0.5) is 0 Å². The molecule has 1 rings (SSSR count). The van der Waals surface area contributed by atoms with Gasteiger partial charge < -0.3 is 5.11 Å². The van der Waals surface area contributed by atoms with Crippen molar-refractivity contribution in [3.05, 3.63) is 23.8 Å². The van der Waals surface area contributed by atoms with Gasteiger partial charge in [-0.25, -0.2) is 0 Å². The van der Waals surface area contributed by atoms with E-state index in [9.17, 15) is 5.11 Å². The van der Waals surface area contributed by atoms with Crippen LogP contribution in [0.5, 0.6) is 5.75 Å². The minimum absolute atomic E-state index is 0.395. The highest BCUT2D eigenvalue weighted by Crippen LogP contribution is 2.08. The van der Waals surface area contributed by atoms with Crippen molar-refractivity contribution in [2.75, 3.05) is 0 Å². The summed E-state index contributed by atoms with van der Waals surface area (Å²) in [4.78, 5) is 0. The normalized spacial score (nSPS) is 10.5. The Hall–Kier alpha value is -0.763. The summed E-state index contributed by atoms with van der Waals surface area (Å²) in [5.41, 5.74) is 1.14. The summed E-state index contributed by atoms with van der Waals surface area (Å²) >= 11 is 0. The van der Waals surface area contributed by atoms with Gasteiger partial charge in [-0.15, -0.1) is 0 Å². The maximum absolute atomic E-state index is 9.26. The summed E-state index contributed by atoms with van der Waals surface area (Å²) in [6.45, 7) is 6.45. The van der Waals surface area contributed by atoms with Crippen molar-refractivity contribution in [3.8, 4) is 5.75 Å². The van der Waals surface area contributed by atoms with E-state index < -0.39 is 8.80 Å². The minimum Gasteiger partial charge on any atom is -0.508 e. The molecule has 0 saturated heterocycles. The topological polar surface area (TPSA) is 20.2 Å². The Bertz CT molecular complexity index is 235. The predicted octanol–water partition coefficient (Wildman–Crippen LogP) is 1.66. The van der Waals surface area contributed by atoms with E-state index in [0.717, 1.165) is 5.56 Å². The average Bonchev–Trinajstić information content (AvgIpc) is 1.85. The molecule has 0 unspecified atom stereocenters. The Balaban J connectivity index is 3.08. The van der Waals surface area contributed by atoms with Crippen LogP contribution in [-0.4, -0.2) is 13.9 Å². The number of benzene rings is 1. The Labute approximate surface area is 69.3 Å². The van der Waals surface area contributed by atoms with Crippen molar-refractivity contribution in [1.29, 1.82) is 0 Å². The zero-order valence-electron chi connectivity index (χ0n) is 7.18. The fourth-order valence-corrected chi connectivity index (χ4v) is 2.00. The van der Waals surface area contributed by atoms with Gasteiger partial charge in [0.15, 0.2) is 0 Å². The van der Waals surface area contributed by atoms with Gasteiger partial charge in [-0.2, -0.15) is 0 Å². The standard InChI is InChI=1S/C9H13OSi/c1-7-4-8(10)6-9(5-7)11(2)3/h4-6,10H,1-3H3. The molecule has 0 bridgehead atoms. The van der Waals surface area contributed by atoms with Crippen LogP contribution in [0.3, 0.4) is 0 Å². The summed E-state index contributed by atoms with van der Waals surface area (Å²) in [5, 5.41) is 10.6. The molecule has 0 atom stereocenters. The van der Waals surface area contributed by atoms with Crippen molar-refractivity contribution in [2.24, 2.45) is 0 Å². The SMILES string of the molecule is Cc1cc(O)cc([Si](C)C)c1. The molecular formula is C9H13OSi. The van der Waals surface area contributed by atoms with E-state index in [4.69, 9.17) is 0 Å². The third-order valence-corrected chi connectivity index (χ3v) is 3.08. The first-order valence-electron chi connectivity index (χ1n) is 3.71. The lowest BCUT2D eigenvalue weighted by molar-refractivity contribution is 0.475. The lowest BCUT2D eigenvalue weighted by Crippen LogP contribution is -2.22. The molecule has 0 spiro atoms. The molecule has 0 aliphatic carbocycles. The summed E-state index contributed by atoms with van der Waals surface area (Å²) in [6.07, 6.45) is 0. The Kier molecular flexibility index (Phi) is 2.34. The molecule has 59 valence electrons. The fourth-order valence-electron chi connectivity index (χ4n) is 1.05. The first kappa shape index (κ1) is 8.33. The Morgan fingerprint density at radius 3 is 2.27 bits per heavy atom. The third kappa shape index (κ3) is 2.08.